The number of hydrogen-bond acceptors (Lipinski definition) is 4. The molecule has 0 saturated carbocycles. The maximum atomic E-state index is 8.89. The van der Waals surface area contributed by atoms with Crippen molar-refractivity contribution in [1.82, 2.24) is 4.98 Å². The second-order valence-corrected chi connectivity index (χ2v) is 4.67. The minimum atomic E-state index is 0.185. The van der Waals surface area contributed by atoms with Crippen LogP contribution < -0.4 is 11.1 Å². The lowest BCUT2D eigenvalue weighted by Gasteiger charge is -2.15. The Bertz CT molecular complexity index is 374. The Morgan fingerprint density at radius 3 is 2.76 bits per heavy atom. The lowest BCUT2D eigenvalue weighted by molar-refractivity contribution is 0.258. The van der Waals surface area contributed by atoms with Crippen molar-refractivity contribution in [2.45, 2.75) is 19.8 Å². The molecule has 1 atom stereocenters. The summed E-state index contributed by atoms with van der Waals surface area (Å²) >= 11 is 11.8. The molecule has 0 aliphatic carbocycles. The van der Waals surface area contributed by atoms with Crippen molar-refractivity contribution in [3.63, 3.8) is 0 Å². The SMILES string of the molecule is CCC(CCO)CNc1nc(N)c(Cl)cc1Cl. The maximum absolute atomic E-state index is 8.89. The lowest BCUT2D eigenvalue weighted by Crippen LogP contribution is -2.16. The minimum absolute atomic E-state index is 0.185. The number of aliphatic hydroxyl groups is 1. The van der Waals surface area contributed by atoms with Crippen LogP contribution in [0.3, 0.4) is 0 Å². The molecule has 4 nitrogen and oxygen atoms in total. The molecule has 6 heteroatoms. The number of rotatable bonds is 6. The minimum Gasteiger partial charge on any atom is -0.396 e. The van der Waals surface area contributed by atoms with Crippen LogP contribution in [0.2, 0.25) is 10.0 Å². The Hall–Kier alpha value is -0.710. The number of nitrogens with zero attached hydrogens (tertiary/aromatic N) is 1. The van der Waals surface area contributed by atoms with E-state index in [4.69, 9.17) is 34.0 Å². The number of pyridine rings is 1. The number of halogens is 2. The van der Waals surface area contributed by atoms with Gasteiger partial charge < -0.3 is 16.2 Å². The smallest absolute Gasteiger partial charge is 0.147 e. The monoisotopic (exact) mass is 277 g/mol. The van der Waals surface area contributed by atoms with Crippen molar-refractivity contribution >= 4 is 34.8 Å². The van der Waals surface area contributed by atoms with Crippen molar-refractivity contribution in [1.29, 1.82) is 0 Å². The van der Waals surface area contributed by atoms with Crippen LogP contribution in [-0.2, 0) is 0 Å². The molecule has 0 aliphatic rings. The van der Waals surface area contributed by atoms with Crippen LogP contribution >= 0.6 is 23.2 Å². The van der Waals surface area contributed by atoms with Crippen LogP contribution in [0.1, 0.15) is 19.8 Å². The number of hydrogen-bond donors (Lipinski definition) is 3. The van der Waals surface area contributed by atoms with Crippen LogP contribution in [-0.4, -0.2) is 23.2 Å². The Morgan fingerprint density at radius 1 is 1.47 bits per heavy atom. The first-order chi connectivity index (χ1) is 8.08. The average Bonchev–Trinajstić information content (AvgIpc) is 2.30. The van der Waals surface area contributed by atoms with Gasteiger partial charge in [0, 0.05) is 13.2 Å². The summed E-state index contributed by atoms with van der Waals surface area (Å²) in [7, 11) is 0. The summed E-state index contributed by atoms with van der Waals surface area (Å²) in [6.07, 6.45) is 1.73. The zero-order valence-electron chi connectivity index (χ0n) is 9.71. The molecule has 4 N–H and O–H groups in total. The first-order valence-corrected chi connectivity index (χ1v) is 6.30. The molecule has 96 valence electrons. The second-order valence-electron chi connectivity index (χ2n) is 3.85. The predicted molar refractivity (Wildman–Crippen MR) is 72.6 cm³/mol. The van der Waals surface area contributed by atoms with Crippen molar-refractivity contribution in [3.05, 3.63) is 16.1 Å². The summed E-state index contributed by atoms with van der Waals surface area (Å²) < 4.78 is 0. The van der Waals surface area contributed by atoms with E-state index in [9.17, 15) is 0 Å². The number of aromatic nitrogens is 1. The van der Waals surface area contributed by atoms with Crippen molar-refractivity contribution in [2.24, 2.45) is 5.92 Å². The normalized spacial score (nSPS) is 12.5. The summed E-state index contributed by atoms with van der Waals surface area (Å²) in [5, 5.41) is 12.8. The molecule has 0 amide bonds. The number of nitrogens with two attached hydrogens (primary N) is 1. The highest BCUT2D eigenvalue weighted by molar-refractivity contribution is 6.37. The van der Waals surface area contributed by atoms with E-state index in [0.717, 1.165) is 12.8 Å². The molecule has 1 aromatic rings. The standard InChI is InChI=1S/C11H17Cl2N3O/c1-2-7(3-4-17)6-15-11-9(13)5-8(12)10(14)16-11/h5,7,17H,2-4,6H2,1H3,(H3,14,15,16). The highest BCUT2D eigenvalue weighted by Crippen LogP contribution is 2.27. The molecule has 0 radical (unpaired) electrons. The highest BCUT2D eigenvalue weighted by Gasteiger charge is 2.10. The van der Waals surface area contributed by atoms with Crippen molar-refractivity contribution < 1.29 is 5.11 Å². The van der Waals surface area contributed by atoms with Crippen molar-refractivity contribution in [3.8, 4) is 0 Å². The van der Waals surface area contributed by atoms with Gasteiger partial charge in [0.1, 0.15) is 11.6 Å². The maximum Gasteiger partial charge on any atom is 0.147 e. The molecule has 0 spiro atoms. The molecule has 0 bridgehead atoms. The molecular weight excluding hydrogens is 261 g/mol. The van der Waals surface area contributed by atoms with Crippen LogP contribution in [0.25, 0.3) is 0 Å². The van der Waals surface area contributed by atoms with Crippen LogP contribution in [0.15, 0.2) is 6.07 Å². The third-order valence-corrected chi connectivity index (χ3v) is 3.22. The van der Waals surface area contributed by atoms with Crippen molar-refractivity contribution in [2.75, 3.05) is 24.2 Å². The predicted octanol–water partition coefficient (Wildman–Crippen LogP) is 2.79. The highest BCUT2D eigenvalue weighted by atomic mass is 35.5. The van der Waals surface area contributed by atoms with E-state index in [1.165, 1.54) is 0 Å². The lowest BCUT2D eigenvalue weighted by atomic mass is 10.0. The fraction of sp³-hybridized carbons (Fsp3) is 0.545. The summed E-state index contributed by atoms with van der Waals surface area (Å²) in [6, 6.07) is 1.57. The summed E-state index contributed by atoms with van der Waals surface area (Å²) in [6.45, 7) is 2.96. The quantitative estimate of drug-likeness (QED) is 0.748. The zero-order valence-corrected chi connectivity index (χ0v) is 11.2. The van der Waals surface area contributed by atoms with Crippen LogP contribution in [0, 0.1) is 5.92 Å². The first-order valence-electron chi connectivity index (χ1n) is 5.54. The molecule has 1 heterocycles. The van der Waals surface area contributed by atoms with Gasteiger partial charge in [-0.25, -0.2) is 4.98 Å². The fourth-order valence-corrected chi connectivity index (χ4v) is 1.90. The number of anilines is 2. The Morgan fingerprint density at radius 2 is 2.18 bits per heavy atom. The number of nitrogen functional groups attached to an aromatic ring is 1. The third-order valence-electron chi connectivity index (χ3n) is 2.63. The molecule has 1 unspecified atom stereocenters. The molecule has 17 heavy (non-hydrogen) atoms. The molecule has 0 aliphatic heterocycles. The molecular formula is C11H17Cl2N3O. The van der Waals surface area contributed by atoms with Gasteiger partial charge in [-0.05, 0) is 18.4 Å². The van der Waals surface area contributed by atoms with Crippen LogP contribution in [0.5, 0.6) is 0 Å². The van der Waals surface area contributed by atoms with Crippen LogP contribution in [0.4, 0.5) is 11.6 Å². The van der Waals surface area contributed by atoms with E-state index < -0.39 is 0 Å². The molecule has 1 aromatic heterocycles. The molecule has 0 saturated heterocycles. The molecule has 1 rings (SSSR count). The topological polar surface area (TPSA) is 71.2 Å². The van der Waals surface area contributed by atoms with Gasteiger partial charge in [-0.3, -0.25) is 0 Å². The van der Waals surface area contributed by atoms with E-state index >= 15 is 0 Å². The van der Waals surface area contributed by atoms with E-state index in [1.807, 2.05) is 0 Å². The van der Waals surface area contributed by atoms with Gasteiger partial charge in [-0.2, -0.15) is 0 Å². The summed E-state index contributed by atoms with van der Waals surface area (Å²) in [5.74, 6) is 1.17. The van der Waals surface area contributed by atoms with E-state index in [1.54, 1.807) is 6.07 Å². The zero-order chi connectivity index (χ0) is 12.8. The third kappa shape index (κ3) is 4.22. The van der Waals surface area contributed by atoms with E-state index in [-0.39, 0.29) is 12.4 Å². The van der Waals surface area contributed by atoms with Gasteiger partial charge in [0.25, 0.3) is 0 Å². The largest absolute Gasteiger partial charge is 0.396 e. The summed E-state index contributed by atoms with van der Waals surface area (Å²) in [5.41, 5.74) is 5.61. The number of nitrogens with one attached hydrogen (secondary N) is 1. The first kappa shape index (κ1) is 14.4. The van der Waals surface area contributed by atoms with Gasteiger partial charge in [0.2, 0.25) is 0 Å². The van der Waals surface area contributed by atoms with E-state index in [0.29, 0.717) is 28.3 Å². The Kier molecular flexibility index (Phi) is 5.82. The molecule has 0 fully saturated rings. The van der Waals surface area contributed by atoms with Gasteiger partial charge in [0.15, 0.2) is 0 Å². The van der Waals surface area contributed by atoms with Gasteiger partial charge in [0.05, 0.1) is 10.0 Å². The average molecular weight is 278 g/mol. The molecule has 0 aromatic carbocycles. The Balaban J connectivity index is 2.65. The van der Waals surface area contributed by atoms with Gasteiger partial charge in [-0.15, -0.1) is 0 Å². The Labute approximate surface area is 111 Å². The van der Waals surface area contributed by atoms with Gasteiger partial charge in [-0.1, -0.05) is 36.5 Å². The number of aliphatic hydroxyl groups excluding tert-OH is 1. The summed E-state index contributed by atoms with van der Waals surface area (Å²) in [4.78, 5) is 4.08. The second kappa shape index (κ2) is 6.89. The fourth-order valence-electron chi connectivity index (χ4n) is 1.48. The van der Waals surface area contributed by atoms with Gasteiger partial charge >= 0.3 is 0 Å². The van der Waals surface area contributed by atoms with E-state index in [2.05, 4.69) is 17.2 Å².